The molecular weight excluding hydrogens is 334 g/mol. The molecule has 0 radical (unpaired) electrons. The van der Waals surface area contributed by atoms with Crippen LogP contribution in [0.1, 0.15) is 36.9 Å². The highest BCUT2D eigenvalue weighted by Crippen LogP contribution is 2.24. The molecule has 1 aromatic carbocycles. The van der Waals surface area contributed by atoms with Crippen LogP contribution >= 0.6 is 0 Å². The molecule has 136 valence electrons. The van der Waals surface area contributed by atoms with Crippen molar-refractivity contribution in [3.05, 3.63) is 59.9 Å². The number of fused-ring (bicyclic) bond motifs is 1. The van der Waals surface area contributed by atoms with E-state index in [1.54, 1.807) is 6.07 Å². The van der Waals surface area contributed by atoms with Crippen LogP contribution in [0.3, 0.4) is 0 Å². The lowest BCUT2D eigenvalue weighted by molar-refractivity contribution is 0.726. The second-order valence-electron chi connectivity index (χ2n) is 6.96. The molecule has 0 unspecified atom stereocenters. The molecule has 1 N–H and O–H groups in total. The van der Waals surface area contributed by atoms with Gasteiger partial charge in [0.25, 0.3) is 0 Å². The average molecular weight is 357 g/mol. The number of benzene rings is 1. The molecule has 3 aromatic rings. The van der Waals surface area contributed by atoms with E-state index in [2.05, 4.69) is 38.4 Å². The van der Waals surface area contributed by atoms with E-state index in [0.29, 0.717) is 12.2 Å². The molecule has 4 rings (SSSR count). The van der Waals surface area contributed by atoms with E-state index in [4.69, 9.17) is 0 Å². The van der Waals surface area contributed by atoms with E-state index in [9.17, 15) is 5.26 Å². The van der Waals surface area contributed by atoms with Crippen molar-refractivity contribution in [1.82, 2.24) is 9.97 Å². The maximum Gasteiger partial charge on any atom is 0.143 e. The van der Waals surface area contributed by atoms with Gasteiger partial charge in [-0.25, -0.2) is 9.97 Å². The van der Waals surface area contributed by atoms with E-state index < -0.39 is 0 Å². The van der Waals surface area contributed by atoms with Crippen molar-refractivity contribution in [2.24, 2.45) is 0 Å². The van der Waals surface area contributed by atoms with Gasteiger partial charge >= 0.3 is 0 Å². The van der Waals surface area contributed by atoms with Crippen LogP contribution in [0.4, 0.5) is 11.5 Å². The van der Waals surface area contributed by atoms with Gasteiger partial charge in [-0.15, -0.1) is 0 Å². The number of pyridine rings is 2. The molecule has 3 heterocycles. The molecule has 0 aliphatic carbocycles. The fourth-order valence-electron chi connectivity index (χ4n) is 3.58. The van der Waals surface area contributed by atoms with Crippen molar-refractivity contribution in [3.8, 4) is 6.07 Å². The zero-order valence-electron chi connectivity index (χ0n) is 15.4. The number of rotatable bonds is 4. The molecule has 0 bridgehead atoms. The van der Waals surface area contributed by atoms with E-state index in [0.717, 1.165) is 41.1 Å². The van der Waals surface area contributed by atoms with Crippen LogP contribution in [0, 0.1) is 11.3 Å². The molecule has 0 spiro atoms. The molecule has 2 aromatic heterocycles. The number of aromatic nitrogens is 2. The Kier molecular flexibility index (Phi) is 5.15. The maximum atomic E-state index is 9.23. The van der Waals surface area contributed by atoms with Gasteiger partial charge in [0, 0.05) is 36.9 Å². The number of nitrogens with zero attached hydrogens (tertiary/aromatic N) is 4. The summed E-state index contributed by atoms with van der Waals surface area (Å²) in [6.45, 7) is 2.86. The van der Waals surface area contributed by atoms with Crippen LogP contribution in [-0.4, -0.2) is 23.1 Å². The maximum absolute atomic E-state index is 9.23. The highest BCUT2D eigenvalue weighted by molar-refractivity contribution is 5.91. The summed E-state index contributed by atoms with van der Waals surface area (Å²) in [5.41, 5.74) is 3.29. The molecule has 5 nitrogen and oxygen atoms in total. The molecule has 1 aliphatic rings. The Balaban J connectivity index is 1.49. The zero-order valence-corrected chi connectivity index (χ0v) is 15.4. The molecule has 5 heteroatoms. The highest BCUT2D eigenvalue weighted by Gasteiger charge is 2.11. The summed E-state index contributed by atoms with van der Waals surface area (Å²) in [5.74, 6) is 1.07. The van der Waals surface area contributed by atoms with Crippen molar-refractivity contribution in [3.63, 3.8) is 0 Å². The molecule has 0 saturated carbocycles. The molecule has 27 heavy (non-hydrogen) atoms. The molecule has 1 saturated heterocycles. The second kappa shape index (κ2) is 8.05. The number of nitriles is 1. The molecule has 0 amide bonds. The highest BCUT2D eigenvalue weighted by atomic mass is 15.2. The van der Waals surface area contributed by atoms with Gasteiger partial charge in [0.15, 0.2) is 0 Å². The summed E-state index contributed by atoms with van der Waals surface area (Å²) in [4.78, 5) is 11.4. The van der Waals surface area contributed by atoms with Crippen LogP contribution in [-0.2, 0) is 6.54 Å². The zero-order chi connectivity index (χ0) is 18.5. The Morgan fingerprint density at radius 3 is 2.59 bits per heavy atom. The first-order valence-corrected chi connectivity index (χ1v) is 9.57. The number of anilines is 2. The predicted molar refractivity (Wildman–Crippen MR) is 109 cm³/mol. The fraction of sp³-hybridized carbons (Fsp3) is 0.318. The first kappa shape index (κ1) is 17.3. The number of para-hydroxylation sites is 1. The minimum Gasteiger partial charge on any atom is -0.380 e. The van der Waals surface area contributed by atoms with Gasteiger partial charge in [0.1, 0.15) is 17.6 Å². The Hall–Kier alpha value is -3.13. The monoisotopic (exact) mass is 357 g/mol. The van der Waals surface area contributed by atoms with Gasteiger partial charge in [-0.05, 0) is 36.6 Å². The van der Waals surface area contributed by atoms with Gasteiger partial charge in [-0.2, -0.15) is 5.26 Å². The van der Waals surface area contributed by atoms with Crippen LogP contribution < -0.4 is 10.2 Å². The molecular formula is C22H23N5. The summed E-state index contributed by atoms with van der Waals surface area (Å²) in [7, 11) is 0. The molecule has 1 fully saturated rings. The molecule has 0 atom stereocenters. The van der Waals surface area contributed by atoms with E-state index >= 15 is 0 Å². The Labute approximate surface area is 159 Å². The first-order valence-electron chi connectivity index (χ1n) is 9.57. The van der Waals surface area contributed by atoms with Crippen LogP contribution in [0.15, 0.2) is 48.7 Å². The van der Waals surface area contributed by atoms with Crippen molar-refractivity contribution < 1.29 is 0 Å². The fourth-order valence-corrected chi connectivity index (χ4v) is 3.58. The minimum absolute atomic E-state index is 0.422. The SMILES string of the molecule is N#Cc1cc(NCc2ccc(N3CCCCCC3)nc2)c2ccccc2n1. The normalized spacial score (nSPS) is 14.6. The van der Waals surface area contributed by atoms with Gasteiger partial charge in [0.05, 0.1) is 5.52 Å². The Morgan fingerprint density at radius 1 is 1.04 bits per heavy atom. The van der Waals surface area contributed by atoms with E-state index in [1.807, 2.05) is 30.5 Å². The summed E-state index contributed by atoms with van der Waals surface area (Å²) in [6, 6.07) is 16.1. The first-order chi connectivity index (χ1) is 13.3. The quantitative estimate of drug-likeness (QED) is 0.745. The summed E-state index contributed by atoms with van der Waals surface area (Å²) in [5, 5.41) is 13.7. The van der Waals surface area contributed by atoms with Gasteiger partial charge in [0.2, 0.25) is 0 Å². The lowest BCUT2D eigenvalue weighted by Gasteiger charge is -2.21. The standard InChI is InChI=1S/C22H23N5/c23-14-18-13-21(19-7-3-4-8-20(19)26-18)24-15-17-9-10-22(25-16-17)27-11-5-1-2-6-12-27/h3-4,7-10,13,16H,1-2,5-6,11-12,15H2,(H,24,26). The number of hydrogen-bond acceptors (Lipinski definition) is 5. The van der Waals surface area contributed by atoms with Gasteiger partial charge in [-0.1, -0.05) is 37.1 Å². The minimum atomic E-state index is 0.422. The molecule has 1 aliphatic heterocycles. The number of nitrogens with one attached hydrogen (secondary N) is 1. The smallest absolute Gasteiger partial charge is 0.143 e. The van der Waals surface area contributed by atoms with Crippen LogP contribution in [0.25, 0.3) is 10.9 Å². The van der Waals surface area contributed by atoms with Crippen LogP contribution in [0.2, 0.25) is 0 Å². The topological polar surface area (TPSA) is 64.8 Å². The second-order valence-corrected chi connectivity index (χ2v) is 6.96. The van der Waals surface area contributed by atoms with Crippen molar-refractivity contribution in [1.29, 1.82) is 5.26 Å². The third-order valence-corrected chi connectivity index (χ3v) is 5.05. The predicted octanol–water partition coefficient (Wildman–Crippen LogP) is 4.49. The average Bonchev–Trinajstić information content (AvgIpc) is 3.01. The summed E-state index contributed by atoms with van der Waals surface area (Å²) < 4.78 is 0. The van der Waals surface area contributed by atoms with Crippen molar-refractivity contribution in [2.75, 3.05) is 23.3 Å². The third kappa shape index (κ3) is 4.01. The van der Waals surface area contributed by atoms with E-state index in [-0.39, 0.29) is 0 Å². The summed E-state index contributed by atoms with van der Waals surface area (Å²) >= 11 is 0. The largest absolute Gasteiger partial charge is 0.380 e. The lowest BCUT2D eigenvalue weighted by Crippen LogP contribution is -2.24. The Bertz CT molecular complexity index is 951. The van der Waals surface area contributed by atoms with Gasteiger partial charge in [-0.3, -0.25) is 0 Å². The number of hydrogen-bond donors (Lipinski definition) is 1. The van der Waals surface area contributed by atoms with Gasteiger partial charge < -0.3 is 10.2 Å². The Morgan fingerprint density at radius 2 is 1.85 bits per heavy atom. The van der Waals surface area contributed by atoms with Crippen molar-refractivity contribution >= 4 is 22.4 Å². The van der Waals surface area contributed by atoms with Crippen molar-refractivity contribution in [2.45, 2.75) is 32.2 Å². The lowest BCUT2D eigenvalue weighted by atomic mass is 10.1. The van der Waals surface area contributed by atoms with E-state index in [1.165, 1.54) is 25.7 Å². The summed E-state index contributed by atoms with van der Waals surface area (Å²) in [6.07, 6.45) is 7.09. The van der Waals surface area contributed by atoms with Crippen LogP contribution in [0.5, 0.6) is 0 Å². The third-order valence-electron chi connectivity index (χ3n) is 5.05.